The monoisotopic (exact) mass is 393 g/mol. The SMILES string of the molecule is CCC(CC)n1c(OC)nc2c(-c3ccc(OC)cc3C(F)(F)F)nccc21. The molecule has 0 bridgehead atoms. The summed E-state index contributed by atoms with van der Waals surface area (Å²) >= 11 is 0. The van der Waals surface area contributed by atoms with Crippen molar-refractivity contribution in [2.45, 2.75) is 38.9 Å². The van der Waals surface area contributed by atoms with Gasteiger partial charge in [0.15, 0.2) is 0 Å². The van der Waals surface area contributed by atoms with E-state index < -0.39 is 11.7 Å². The number of pyridine rings is 1. The summed E-state index contributed by atoms with van der Waals surface area (Å²) in [4.78, 5) is 8.70. The van der Waals surface area contributed by atoms with Gasteiger partial charge in [-0.25, -0.2) is 0 Å². The topological polar surface area (TPSA) is 49.2 Å². The smallest absolute Gasteiger partial charge is 0.417 e. The van der Waals surface area contributed by atoms with Crippen LogP contribution in [-0.4, -0.2) is 28.8 Å². The Kier molecular flexibility index (Phi) is 5.49. The first-order valence-corrected chi connectivity index (χ1v) is 9.02. The van der Waals surface area contributed by atoms with Gasteiger partial charge >= 0.3 is 6.18 Å². The van der Waals surface area contributed by atoms with E-state index in [-0.39, 0.29) is 23.0 Å². The lowest BCUT2D eigenvalue weighted by Crippen LogP contribution is -2.09. The molecule has 8 heteroatoms. The first kappa shape index (κ1) is 20.0. The lowest BCUT2D eigenvalue weighted by Gasteiger charge is -2.18. The standard InChI is InChI=1S/C20H22F3N3O2/c1-5-12(6-2)26-16-9-10-24-17(18(16)25-19(26)28-4)14-8-7-13(27-3)11-15(14)20(21,22)23/h7-12H,5-6H2,1-4H3. The molecular weight excluding hydrogens is 371 g/mol. The third kappa shape index (κ3) is 3.39. The third-order valence-electron chi connectivity index (χ3n) is 4.85. The summed E-state index contributed by atoms with van der Waals surface area (Å²) in [6.07, 6.45) is -1.38. The minimum atomic E-state index is -4.56. The van der Waals surface area contributed by atoms with Gasteiger partial charge in [0.05, 0.1) is 31.0 Å². The number of nitrogens with zero attached hydrogens (tertiary/aromatic N) is 3. The molecule has 0 spiro atoms. The number of ether oxygens (including phenoxy) is 2. The van der Waals surface area contributed by atoms with E-state index in [0.717, 1.165) is 18.9 Å². The molecule has 0 aliphatic heterocycles. The Hall–Kier alpha value is -2.77. The predicted molar refractivity (Wildman–Crippen MR) is 101 cm³/mol. The lowest BCUT2D eigenvalue weighted by atomic mass is 10.0. The van der Waals surface area contributed by atoms with Gasteiger partial charge in [-0.05, 0) is 37.1 Å². The molecule has 150 valence electrons. The fourth-order valence-electron chi connectivity index (χ4n) is 3.44. The van der Waals surface area contributed by atoms with Crippen LogP contribution >= 0.6 is 0 Å². The van der Waals surface area contributed by atoms with Crippen LogP contribution in [0.1, 0.15) is 38.3 Å². The summed E-state index contributed by atoms with van der Waals surface area (Å²) in [6, 6.07) is 6.06. The summed E-state index contributed by atoms with van der Waals surface area (Å²) in [7, 11) is 2.83. The molecule has 2 heterocycles. The average molecular weight is 393 g/mol. The Bertz CT molecular complexity index is 979. The summed E-state index contributed by atoms with van der Waals surface area (Å²) in [5.74, 6) is 0.128. The number of hydrogen-bond acceptors (Lipinski definition) is 4. The second-order valence-electron chi connectivity index (χ2n) is 6.38. The van der Waals surface area contributed by atoms with E-state index in [2.05, 4.69) is 9.97 Å². The summed E-state index contributed by atoms with van der Waals surface area (Å²) in [6.45, 7) is 4.10. The molecule has 0 fully saturated rings. The van der Waals surface area contributed by atoms with E-state index in [0.29, 0.717) is 17.0 Å². The number of methoxy groups -OCH3 is 2. The van der Waals surface area contributed by atoms with Crippen LogP contribution in [0, 0.1) is 0 Å². The maximum Gasteiger partial charge on any atom is 0.417 e. The van der Waals surface area contributed by atoms with Gasteiger partial charge in [0.25, 0.3) is 6.01 Å². The Balaban J connectivity index is 2.32. The Morgan fingerprint density at radius 1 is 1.07 bits per heavy atom. The number of alkyl halides is 3. The van der Waals surface area contributed by atoms with Crippen LogP contribution in [0.2, 0.25) is 0 Å². The Morgan fingerprint density at radius 3 is 2.36 bits per heavy atom. The highest BCUT2D eigenvalue weighted by Gasteiger charge is 2.35. The molecule has 28 heavy (non-hydrogen) atoms. The van der Waals surface area contributed by atoms with Crippen LogP contribution in [0.15, 0.2) is 30.5 Å². The summed E-state index contributed by atoms with van der Waals surface area (Å²) in [5.41, 5.74) is 0.371. The number of rotatable bonds is 6. The maximum atomic E-state index is 13.7. The maximum absolute atomic E-state index is 13.7. The third-order valence-corrected chi connectivity index (χ3v) is 4.85. The van der Waals surface area contributed by atoms with Crippen molar-refractivity contribution in [2.75, 3.05) is 14.2 Å². The first-order valence-electron chi connectivity index (χ1n) is 9.02. The summed E-state index contributed by atoms with van der Waals surface area (Å²) < 4.78 is 53.4. The normalized spacial score (nSPS) is 12.0. The molecule has 3 aromatic rings. The predicted octanol–water partition coefficient (Wildman–Crippen LogP) is 5.50. The van der Waals surface area contributed by atoms with Crippen LogP contribution in [0.4, 0.5) is 13.2 Å². The minimum absolute atomic E-state index is 0.0456. The number of halogens is 3. The fourth-order valence-corrected chi connectivity index (χ4v) is 3.44. The van der Waals surface area contributed by atoms with E-state index in [9.17, 15) is 13.2 Å². The van der Waals surface area contributed by atoms with Gasteiger partial charge in [0.1, 0.15) is 11.3 Å². The Morgan fingerprint density at radius 2 is 1.79 bits per heavy atom. The van der Waals surface area contributed by atoms with Crippen LogP contribution < -0.4 is 9.47 Å². The van der Waals surface area contributed by atoms with Crippen LogP contribution in [0.25, 0.3) is 22.3 Å². The largest absolute Gasteiger partial charge is 0.497 e. The van der Waals surface area contributed by atoms with Crippen LogP contribution in [0.5, 0.6) is 11.8 Å². The first-order chi connectivity index (χ1) is 13.3. The molecule has 0 aliphatic carbocycles. The van der Waals surface area contributed by atoms with E-state index in [1.54, 1.807) is 6.07 Å². The highest BCUT2D eigenvalue weighted by Crippen LogP contribution is 2.41. The van der Waals surface area contributed by atoms with Gasteiger partial charge in [0, 0.05) is 17.8 Å². The van der Waals surface area contributed by atoms with Crippen molar-refractivity contribution in [3.8, 4) is 23.0 Å². The van der Waals surface area contributed by atoms with Crippen molar-refractivity contribution in [2.24, 2.45) is 0 Å². The van der Waals surface area contributed by atoms with Gasteiger partial charge in [0.2, 0.25) is 0 Å². The number of hydrogen-bond donors (Lipinski definition) is 0. The second kappa shape index (κ2) is 7.69. The molecule has 0 unspecified atom stereocenters. The lowest BCUT2D eigenvalue weighted by molar-refractivity contribution is -0.137. The minimum Gasteiger partial charge on any atom is -0.497 e. The second-order valence-corrected chi connectivity index (χ2v) is 6.38. The number of imidazole rings is 1. The molecule has 5 nitrogen and oxygen atoms in total. The molecule has 0 N–H and O–H groups in total. The van der Waals surface area contributed by atoms with Gasteiger partial charge in [-0.3, -0.25) is 9.55 Å². The summed E-state index contributed by atoms with van der Waals surface area (Å²) in [5, 5.41) is 0. The highest BCUT2D eigenvalue weighted by molar-refractivity contribution is 5.91. The van der Waals surface area contributed by atoms with E-state index >= 15 is 0 Å². The van der Waals surface area contributed by atoms with Crippen molar-refractivity contribution in [3.63, 3.8) is 0 Å². The van der Waals surface area contributed by atoms with Crippen LogP contribution in [-0.2, 0) is 6.18 Å². The zero-order chi connectivity index (χ0) is 20.5. The fraction of sp³-hybridized carbons (Fsp3) is 0.400. The highest BCUT2D eigenvalue weighted by atomic mass is 19.4. The quantitative estimate of drug-likeness (QED) is 0.555. The van der Waals surface area contributed by atoms with E-state index in [4.69, 9.17) is 9.47 Å². The average Bonchev–Trinajstić information content (AvgIpc) is 3.06. The zero-order valence-corrected chi connectivity index (χ0v) is 16.2. The number of aromatic nitrogens is 3. The molecule has 0 saturated carbocycles. The van der Waals surface area contributed by atoms with Crippen molar-refractivity contribution in [1.82, 2.24) is 14.5 Å². The van der Waals surface area contributed by atoms with E-state index in [1.165, 1.54) is 32.5 Å². The number of benzene rings is 1. The van der Waals surface area contributed by atoms with Crippen molar-refractivity contribution >= 4 is 11.0 Å². The molecule has 0 saturated heterocycles. The molecule has 0 radical (unpaired) electrons. The Labute approximate surface area is 161 Å². The molecule has 0 atom stereocenters. The van der Waals surface area contributed by atoms with Gasteiger partial charge in [-0.1, -0.05) is 13.8 Å². The van der Waals surface area contributed by atoms with Crippen molar-refractivity contribution in [3.05, 3.63) is 36.0 Å². The van der Waals surface area contributed by atoms with Gasteiger partial charge in [-0.2, -0.15) is 18.2 Å². The van der Waals surface area contributed by atoms with Crippen molar-refractivity contribution < 1.29 is 22.6 Å². The molecule has 3 rings (SSSR count). The molecule has 1 aromatic carbocycles. The van der Waals surface area contributed by atoms with Gasteiger partial charge < -0.3 is 9.47 Å². The van der Waals surface area contributed by atoms with Crippen molar-refractivity contribution in [1.29, 1.82) is 0 Å². The molecular formula is C20H22F3N3O2. The molecule has 0 aliphatic rings. The van der Waals surface area contributed by atoms with Crippen LogP contribution in [0.3, 0.4) is 0 Å². The molecule has 0 amide bonds. The molecule has 2 aromatic heterocycles. The zero-order valence-electron chi connectivity index (χ0n) is 16.2. The number of fused-ring (bicyclic) bond motifs is 1. The van der Waals surface area contributed by atoms with Gasteiger partial charge in [-0.15, -0.1) is 0 Å². The van der Waals surface area contributed by atoms with E-state index in [1.807, 2.05) is 18.4 Å².